The zero-order valence-corrected chi connectivity index (χ0v) is 11.5. The van der Waals surface area contributed by atoms with E-state index in [9.17, 15) is 13.2 Å². The summed E-state index contributed by atoms with van der Waals surface area (Å²) in [7, 11) is 0. The Morgan fingerprint density at radius 2 is 1.64 bits per heavy atom. The highest BCUT2D eigenvalue weighted by Gasteiger charge is 2.31. The van der Waals surface area contributed by atoms with E-state index in [0.29, 0.717) is 12.2 Å². The normalized spacial score (nSPS) is 10.8. The first-order valence-corrected chi connectivity index (χ1v) is 6.49. The van der Waals surface area contributed by atoms with Crippen molar-refractivity contribution in [1.29, 1.82) is 5.26 Å². The molecule has 0 aliphatic heterocycles. The third kappa shape index (κ3) is 4.70. The topological polar surface area (TPSA) is 36.3 Å². The maximum absolute atomic E-state index is 12.1. The predicted molar refractivity (Wildman–Crippen MR) is 76.2 cm³/mol. The molecule has 0 aliphatic carbocycles. The lowest BCUT2D eigenvalue weighted by atomic mass is 10.2. The lowest BCUT2D eigenvalue weighted by Gasteiger charge is -2.22. The Bertz CT molecular complexity index is 633. The highest BCUT2D eigenvalue weighted by molar-refractivity contribution is 5.50. The third-order valence-corrected chi connectivity index (χ3v) is 2.91. The Balaban J connectivity index is 2.13. The number of nitriles is 1. The van der Waals surface area contributed by atoms with E-state index >= 15 is 0 Å². The fraction of sp³-hybridized carbons (Fsp3) is 0.188. The van der Waals surface area contributed by atoms with Gasteiger partial charge in [-0.15, -0.1) is 13.2 Å². The summed E-state index contributed by atoms with van der Waals surface area (Å²) in [5.41, 5.74) is 1.66. The summed E-state index contributed by atoms with van der Waals surface area (Å²) in [6.07, 6.45) is -4.71. The molecule has 0 amide bonds. The molecule has 2 aromatic carbocycles. The number of benzene rings is 2. The second-order valence-electron chi connectivity index (χ2n) is 4.54. The van der Waals surface area contributed by atoms with Gasteiger partial charge < -0.3 is 9.64 Å². The first-order chi connectivity index (χ1) is 10.5. The zero-order chi connectivity index (χ0) is 16.0. The van der Waals surface area contributed by atoms with Gasteiger partial charge in [-0.2, -0.15) is 5.26 Å². The van der Waals surface area contributed by atoms with Crippen LogP contribution in [0.2, 0.25) is 0 Å². The van der Waals surface area contributed by atoms with Gasteiger partial charge in [0.05, 0.1) is 6.07 Å². The van der Waals surface area contributed by atoms with Gasteiger partial charge in [0.1, 0.15) is 12.3 Å². The van der Waals surface area contributed by atoms with Crippen molar-refractivity contribution in [2.45, 2.75) is 12.9 Å². The fourth-order valence-corrected chi connectivity index (χ4v) is 1.99. The molecule has 2 rings (SSSR count). The molecular weight excluding hydrogens is 293 g/mol. The van der Waals surface area contributed by atoms with Crippen molar-refractivity contribution in [1.82, 2.24) is 0 Å². The van der Waals surface area contributed by atoms with Gasteiger partial charge in [-0.1, -0.05) is 30.3 Å². The highest BCUT2D eigenvalue weighted by Crippen LogP contribution is 2.26. The van der Waals surface area contributed by atoms with E-state index in [1.54, 1.807) is 4.90 Å². The number of hydrogen-bond acceptors (Lipinski definition) is 3. The van der Waals surface area contributed by atoms with Crippen LogP contribution in [0.25, 0.3) is 0 Å². The van der Waals surface area contributed by atoms with Gasteiger partial charge in [0.2, 0.25) is 0 Å². The van der Waals surface area contributed by atoms with Gasteiger partial charge in [-0.25, -0.2) is 0 Å². The average Bonchev–Trinajstić information content (AvgIpc) is 2.47. The number of rotatable bonds is 5. The number of anilines is 1. The van der Waals surface area contributed by atoms with E-state index in [2.05, 4.69) is 10.8 Å². The lowest BCUT2D eigenvalue weighted by Crippen LogP contribution is -2.23. The smallest absolute Gasteiger partial charge is 0.406 e. The fourth-order valence-electron chi connectivity index (χ4n) is 1.99. The number of nitrogens with zero attached hydrogens (tertiary/aromatic N) is 2. The molecule has 114 valence electrons. The number of halogens is 3. The Labute approximate surface area is 126 Å². The van der Waals surface area contributed by atoms with Crippen LogP contribution in [0, 0.1) is 11.3 Å². The first-order valence-electron chi connectivity index (χ1n) is 6.49. The summed E-state index contributed by atoms with van der Waals surface area (Å²) >= 11 is 0. The van der Waals surface area contributed by atoms with Crippen LogP contribution in [0.4, 0.5) is 18.9 Å². The lowest BCUT2D eigenvalue weighted by molar-refractivity contribution is -0.274. The molecule has 0 fully saturated rings. The van der Waals surface area contributed by atoms with E-state index < -0.39 is 6.36 Å². The minimum atomic E-state index is -4.71. The SMILES string of the molecule is N#CCN(Cc1ccccc1)c1ccc(OC(F)(F)F)cc1. The van der Waals surface area contributed by atoms with Crippen LogP contribution in [0.15, 0.2) is 54.6 Å². The number of ether oxygens (including phenoxy) is 1. The van der Waals surface area contributed by atoms with Crippen molar-refractivity contribution in [2.75, 3.05) is 11.4 Å². The molecule has 0 N–H and O–H groups in total. The van der Waals surface area contributed by atoms with Crippen LogP contribution in [0.5, 0.6) is 5.75 Å². The molecule has 6 heteroatoms. The van der Waals surface area contributed by atoms with Crippen molar-refractivity contribution < 1.29 is 17.9 Å². The maximum atomic E-state index is 12.1. The van der Waals surface area contributed by atoms with Gasteiger partial charge in [0, 0.05) is 12.2 Å². The Morgan fingerprint density at radius 1 is 1.00 bits per heavy atom. The van der Waals surface area contributed by atoms with Gasteiger partial charge in [-0.05, 0) is 29.8 Å². The third-order valence-electron chi connectivity index (χ3n) is 2.91. The van der Waals surface area contributed by atoms with Crippen molar-refractivity contribution in [2.24, 2.45) is 0 Å². The molecule has 3 nitrogen and oxygen atoms in total. The Kier molecular flexibility index (Phi) is 4.89. The second-order valence-corrected chi connectivity index (χ2v) is 4.54. The molecule has 0 radical (unpaired) electrons. The van der Waals surface area contributed by atoms with E-state index in [0.717, 1.165) is 5.56 Å². The second kappa shape index (κ2) is 6.85. The monoisotopic (exact) mass is 306 g/mol. The minimum Gasteiger partial charge on any atom is -0.406 e. The van der Waals surface area contributed by atoms with Crippen molar-refractivity contribution in [3.8, 4) is 11.8 Å². The summed E-state index contributed by atoms with van der Waals surface area (Å²) in [4.78, 5) is 1.77. The summed E-state index contributed by atoms with van der Waals surface area (Å²) in [6.45, 7) is 0.627. The van der Waals surface area contributed by atoms with Gasteiger partial charge >= 0.3 is 6.36 Å². The molecular formula is C16H13F3N2O. The quantitative estimate of drug-likeness (QED) is 0.780. The van der Waals surface area contributed by atoms with Crippen LogP contribution in [-0.4, -0.2) is 12.9 Å². The number of hydrogen-bond donors (Lipinski definition) is 0. The van der Waals surface area contributed by atoms with Crippen molar-refractivity contribution in [3.63, 3.8) is 0 Å². The van der Waals surface area contributed by atoms with Crippen LogP contribution in [0.1, 0.15) is 5.56 Å². The Morgan fingerprint density at radius 3 is 2.18 bits per heavy atom. The largest absolute Gasteiger partial charge is 0.573 e. The first kappa shape index (κ1) is 15.7. The zero-order valence-electron chi connectivity index (χ0n) is 11.5. The molecule has 2 aromatic rings. The molecule has 0 heterocycles. The molecule has 0 bridgehead atoms. The molecule has 0 saturated carbocycles. The van der Waals surface area contributed by atoms with Gasteiger partial charge in [0.15, 0.2) is 0 Å². The molecule has 22 heavy (non-hydrogen) atoms. The average molecular weight is 306 g/mol. The van der Waals surface area contributed by atoms with Crippen LogP contribution >= 0.6 is 0 Å². The molecule has 0 aromatic heterocycles. The van der Waals surface area contributed by atoms with E-state index in [1.165, 1.54) is 24.3 Å². The molecule has 0 atom stereocenters. The van der Waals surface area contributed by atoms with Crippen LogP contribution in [0.3, 0.4) is 0 Å². The number of alkyl halides is 3. The molecule has 0 saturated heterocycles. The van der Waals surface area contributed by atoms with Crippen molar-refractivity contribution >= 4 is 5.69 Å². The standard InChI is InChI=1S/C16H13F3N2O/c17-16(18,19)22-15-8-6-14(7-9-15)21(11-10-20)12-13-4-2-1-3-5-13/h1-9H,11-12H2. The van der Waals surface area contributed by atoms with Gasteiger partial charge in [-0.3, -0.25) is 0 Å². The van der Waals surface area contributed by atoms with Gasteiger partial charge in [0.25, 0.3) is 0 Å². The minimum absolute atomic E-state index is 0.133. The van der Waals surface area contributed by atoms with Crippen molar-refractivity contribution in [3.05, 3.63) is 60.2 Å². The predicted octanol–water partition coefficient (Wildman–Crippen LogP) is 4.12. The highest BCUT2D eigenvalue weighted by atomic mass is 19.4. The molecule has 0 spiro atoms. The van der Waals surface area contributed by atoms with Crippen LogP contribution < -0.4 is 9.64 Å². The summed E-state index contributed by atoms with van der Waals surface area (Å²) in [5, 5.41) is 8.92. The van der Waals surface area contributed by atoms with E-state index in [1.807, 2.05) is 30.3 Å². The van der Waals surface area contributed by atoms with E-state index in [4.69, 9.17) is 5.26 Å². The van der Waals surface area contributed by atoms with Crippen LogP contribution in [-0.2, 0) is 6.54 Å². The summed E-state index contributed by atoms with van der Waals surface area (Å²) in [5.74, 6) is -0.284. The summed E-state index contributed by atoms with van der Waals surface area (Å²) < 4.78 is 40.2. The van der Waals surface area contributed by atoms with E-state index in [-0.39, 0.29) is 12.3 Å². The maximum Gasteiger partial charge on any atom is 0.573 e. The summed E-state index contributed by atoms with van der Waals surface area (Å²) in [6, 6.07) is 17.0. The molecule has 0 unspecified atom stereocenters. The molecule has 0 aliphatic rings. The Hall–Kier alpha value is -2.68.